The second-order valence-electron chi connectivity index (χ2n) is 5.97. The van der Waals surface area contributed by atoms with E-state index < -0.39 is 5.97 Å². The Morgan fingerprint density at radius 3 is 2.76 bits per heavy atom. The van der Waals surface area contributed by atoms with E-state index in [1.54, 1.807) is 0 Å². The summed E-state index contributed by atoms with van der Waals surface area (Å²) in [5.74, 6) is -0.898. The first kappa shape index (κ1) is 17.2. The van der Waals surface area contributed by atoms with E-state index in [9.17, 15) is 9.59 Å². The minimum atomic E-state index is -0.587. The molecule has 3 rings (SSSR count). The van der Waals surface area contributed by atoms with Gasteiger partial charge in [-0.1, -0.05) is 18.2 Å². The highest BCUT2D eigenvalue weighted by molar-refractivity contribution is 5.96. The highest BCUT2D eigenvalue weighted by atomic mass is 16.5. The molecule has 2 aromatic rings. The Morgan fingerprint density at radius 1 is 1.36 bits per heavy atom. The molecule has 1 N–H and O–H groups in total. The number of nitrogens with zero attached hydrogens (tertiary/aromatic N) is 2. The molecule has 2 heterocycles. The molecule has 1 saturated heterocycles. The standard InChI is InChI=1S/C18H21N3O4/c1-12(16-9-6-10-25-16)19-17(22)15-11-14(18(23)24-2)20-21(15)13-7-4-3-5-8-13/h3-5,7-8,11-12,16H,6,9-10H2,1-2H3,(H,19,22). The fraction of sp³-hybridized carbons (Fsp3) is 0.389. The van der Waals surface area contributed by atoms with Crippen LogP contribution in [0, 0.1) is 0 Å². The van der Waals surface area contributed by atoms with E-state index >= 15 is 0 Å². The summed E-state index contributed by atoms with van der Waals surface area (Å²) in [4.78, 5) is 24.6. The lowest BCUT2D eigenvalue weighted by Gasteiger charge is -2.20. The Labute approximate surface area is 145 Å². The van der Waals surface area contributed by atoms with Crippen LogP contribution in [0.3, 0.4) is 0 Å². The van der Waals surface area contributed by atoms with Crippen LogP contribution in [0.2, 0.25) is 0 Å². The van der Waals surface area contributed by atoms with Crippen molar-refractivity contribution in [2.45, 2.75) is 31.9 Å². The van der Waals surface area contributed by atoms with Crippen LogP contribution in [-0.4, -0.2) is 47.5 Å². The summed E-state index contributed by atoms with van der Waals surface area (Å²) in [7, 11) is 1.28. The summed E-state index contributed by atoms with van der Waals surface area (Å²) in [6.07, 6.45) is 1.93. The van der Waals surface area contributed by atoms with Crippen molar-refractivity contribution in [3.8, 4) is 5.69 Å². The molecular weight excluding hydrogens is 322 g/mol. The van der Waals surface area contributed by atoms with Gasteiger partial charge in [-0.15, -0.1) is 0 Å². The van der Waals surface area contributed by atoms with Crippen molar-refractivity contribution in [1.29, 1.82) is 0 Å². The maximum atomic E-state index is 12.8. The predicted octanol–water partition coefficient (Wildman–Crippen LogP) is 1.96. The summed E-state index contributed by atoms with van der Waals surface area (Å²) in [6.45, 7) is 2.64. The third-order valence-corrected chi connectivity index (χ3v) is 4.22. The first-order chi connectivity index (χ1) is 12.1. The van der Waals surface area contributed by atoms with Gasteiger partial charge in [-0.05, 0) is 31.9 Å². The van der Waals surface area contributed by atoms with Crippen molar-refractivity contribution in [2.75, 3.05) is 13.7 Å². The summed E-state index contributed by atoms with van der Waals surface area (Å²) >= 11 is 0. The summed E-state index contributed by atoms with van der Waals surface area (Å²) in [6, 6.07) is 10.5. The Kier molecular flexibility index (Phi) is 5.14. The maximum absolute atomic E-state index is 12.8. The van der Waals surface area contributed by atoms with Crippen LogP contribution in [-0.2, 0) is 9.47 Å². The topological polar surface area (TPSA) is 82.5 Å². The highest BCUT2D eigenvalue weighted by Gasteiger charge is 2.26. The van der Waals surface area contributed by atoms with Crippen molar-refractivity contribution in [3.63, 3.8) is 0 Å². The molecule has 7 heteroatoms. The van der Waals surface area contributed by atoms with Crippen LogP contribution in [0.25, 0.3) is 5.69 Å². The van der Waals surface area contributed by atoms with E-state index in [-0.39, 0.29) is 29.4 Å². The van der Waals surface area contributed by atoms with Crippen molar-refractivity contribution < 1.29 is 19.1 Å². The van der Waals surface area contributed by atoms with Crippen molar-refractivity contribution in [1.82, 2.24) is 15.1 Å². The summed E-state index contributed by atoms with van der Waals surface area (Å²) in [5, 5.41) is 7.17. The molecule has 2 unspecified atom stereocenters. The molecule has 25 heavy (non-hydrogen) atoms. The van der Waals surface area contributed by atoms with Gasteiger partial charge in [0.1, 0.15) is 5.69 Å². The van der Waals surface area contributed by atoms with E-state index in [2.05, 4.69) is 10.4 Å². The lowest BCUT2D eigenvalue weighted by atomic mass is 10.1. The lowest BCUT2D eigenvalue weighted by Crippen LogP contribution is -2.41. The van der Waals surface area contributed by atoms with Gasteiger partial charge in [-0.25, -0.2) is 9.48 Å². The number of nitrogens with one attached hydrogen (secondary N) is 1. The Morgan fingerprint density at radius 2 is 2.12 bits per heavy atom. The Hall–Kier alpha value is -2.67. The minimum Gasteiger partial charge on any atom is -0.464 e. The summed E-state index contributed by atoms with van der Waals surface area (Å²) in [5.41, 5.74) is 1.05. The molecule has 1 aromatic heterocycles. The van der Waals surface area contributed by atoms with Crippen LogP contribution < -0.4 is 5.32 Å². The van der Waals surface area contributed by atoms with Gasteiger partial charge in [0.15, 0.2) is 5.69 Å². The van der Waals surface area contributed by atoms with Crippen LogP contribution >= 0.6 is 0 Å². The zero-order valence-corrected chi connectivity index (χ0v) is 14.3. The summed E-state index contributed by atoms with van der Waals surface area (Å²) < 4.78 is 11.8. The van der Waals surface area contributed by atoms with Crippen LogP contribution in [0.5, 0.6) is 0 Å². The number of aromatic nitrogens is 2. The molecule has 1 aliphatic heterocycles. The number of para-hydroxylation sites is 1. The number of ether oxygens (including phenoxy) is 2. The van der Waals surface area contributed by atoms with Gasteiger partial charge in [0.05, 0.1) is 24.9 Å². The zero-order valence-electron chi connectivity index (χ0n) is 14.3. The van der Waals surface area contributed by atoms with E-state index in [1.165, 1.54) is 17.9 Å². The molecular formula is C18H21N3O4. The van der Waals surface area contributed by atoms with Crippen LogP contribution in [0.1, 0.15) is 40.7 Å². The van der Waals surface area contributed by atoms with Crippen molar-refractivity contribution >= 4 is 11.9 Å². The number of esters is 1. The molecule has 7 nitrogen and oxygen atoms in total. The normalized spacial score (nSPS) is 17.9. The number of hydrogen-bond acceptors (Lipinski definition) is 5. The molecule has 132 valence electrons. The third kappa shape index (κ3) is 3.71. The van der Waals surface area contributed by atoms with Gasteiger partial charge in [-0.2, -0.15) is 5.10 Å². The van der Waals surface area contributed by atoms with Gasteiger partial charge in [0, 0.05) is 12.7 Å². The molecule has 2 atom stereocenters. The second-order valence-corrected chi connectivity index (χ2v) is 5.97. The van der Waals surface area contributed by atoms with Gasteiger partial charge < -0.3 is 14.8 Å². The molecule has 0 bridgehead atoms. The van der Waals surface area contributed by atoms with E-state index in [0.29, 0.717) is 5.69 Å². The predicted molar refractivity (Wildman–Crippen MR) is 90.8 cm³/mol. The fourth-order valence-electron chi connectivity index (χ4n) is 2.88. The molecule has 0 aliphatic carbocycles. The molecule has 1 aromatic carbocycles. The van der Waals surface area contributed by atoms with E-state index in [4.69, 9.17) is 9.47 Å². The van der Waals surface area contributed by atoms with Gasteiger partial charge in [-0.3, -0.25) is 4.79 Å². The monoisotopic (exact) mass is 343 g/mol. The van der Waals surface area contributed by atoms with Crippen LogP contribution in [0.15, 0.2) is 36.4 Å². The molecule has 1 fully saturated rings. The first-order valence-electron chi connectivity index (χ1n) is 8.26. The lowest BCUT2D eigenvalue weighted by molar-refractivity contribution is 0.0593. The maximum Gasteiger partial charge on any atom is 0.358 e. The second kappa shape index (κ2) is 7.48. The van der Waals surface area contributed by atoms with Crippen molar-refractivity contribution in [3.05, 3.63) is 47.8 Å². The van der Waals surface area contributed by atoms with E-state index in [0.717, 1.165) is 19.4 Å². The number of methoxy groups -OCH3 is 1. The molecule has 1 amide bonds. The molecule has 1 aliphatic rings. The smallest absolute Gasteiger partial charge is 0.358 e. The van der Waals surface area contributed by atoms with Crippen molar-refractivity contribution in [2.24, 2.45) is 0 Å². The largest absolute Gasteiger partial charge is 0.464 e. The number of rotatable bonds is 5. The SMILES string of the molecule is COC(=O)c1cc(C(=O)NC(C)C2CCCO2)n(-c2ccccc2)n1. The third-order valence-electron chi connectivity index (χ3n) is 4.22. The van der Waals surface area contributed by atoms with E-state index in [1.807, 2.05) is 37.3 Å². The number of hydrogen-bond donors (Lipinski definition) is 1. The number of carbonyl (C=O) groups is 2. The Balaban J connectivity index is 1.89. The minimum absolute atomic E-state index is 0.0112. The number of carbonyl (C=O) groups excluding carboxylic acids is 2. The van der Waals surface area contributed by atoms with Gasteiger partial charge >= 0.3 is 5.97 Å². The average molecular weight is 343 g/mol. The van der Waals surface area contributed by atoms with Gasteiger partial charge in [0.2, 0.25) is 0 Å². The van der Waals surface area contributed by atoms with Gasteiger partial charge in [0.25, 0.3) is 5.91 Å². The Bertz CT molecular complexity index is 751. The number of benzene rings is 1. The molecule has 0 radical (unpaired) electrons. The van der Waals surface area contributed by atoms with Crippen LogP contribution in [0.4, 0.5) is 0 Å². The molecule has 0 spiro atoms. The molecule has 0 saturated carbocycles. The number of amides is 1. The highest BCUT2D eigenvalue weighted by Crippen LogP contribution is 2.17. The fourth-order valence-corrected chi connectivity index (χ4v) is 2.88. The average Bonchev–Trinajstić information content (AvgIpc) is 3.31. The zero-order chi connectivity index (χ0) is 17.8. The first-order valence-corrected chi connectivity index (χ1v) is 8.26. The quantitative estimate of drug-likeness (QED) is 0.839.